The third-order valence-corrected chi connectivity index (χ3v) is 4.73. The number of anilines is 1. The van der Waals surface area contributed by atoms with Crippen molar-refractivity contribution in [2.45, 2.75) is 32.6 Å². The van der Waals surface area contributed by atoms with Gasteiger partial charge in [0.25, 0.3) is 0 Å². The summed E-state index contributed by atoms with van der Waals surface area (Å²) in [6.45, 7) is 2.90. The second-order valence-electron chi connectivity index (χ2n) is 6.47. The molecule has 0 saturated heterocycles. The predicted octanol–water partition coefficient (Wildman–Crippen LogP) is 3.92. The predicted molar refractivity (Wildman–Crippen MR) is 99.7 cm³/mol. The summed E-state index contributed by atoms with van der Waals surface area (Å²) < 4.78 is 10.6. The molecule has 2 aromatic carbocycles. The zero-order valence-corrected chi connectivity index (χ0v) is 15.2. The van der Waals surface area contributed by atoms with Crippen LogP contribution in [-0.2, 0) is 17.6 Å². The maximum absolute atomic E-state index is 12.8. The van der Waals surface area contributed by atoms with Crippen molar-refractivity contribution in [1.82, 2.24) is 0 Å². The van der Waals surface area contributed by atoms with Crippen LogP contribution in [0.4, 0.5) is 5.69 Å². The molecule has 25 heavy (non-hydrogen) atoms. The molecule has 0 fully saturated rings. The van der Waals surface area contributed by atoms with Crippen LogP contribution in [0.2, 0.25) is 0 Å². The molecule has 0 atom stereocenters. The van der Waals surface area contributed by atoms with Crippen LogP contribution in [0.5, 0.6) is 11.5 Å². The quantitative estimate of drug-likeness (QED) is 0.829. The van der Waals surface area contributed by atoms with E-state index in [1.807, 2.05) is 23.1 Å². The van der Waals surface area contributed by atoms with Gasteiger partial charge in [0.15, 0.2) is 11.5 Å². The van der Waals surface area contributed by atoms with E-state index in [9.17, 15) is 4.79 Å². The number of benzene rings is 2. The highest BCUT2D eigenvalue weighted by Crippen LogP contribution is 2.30. The van der Waals surface area contributed by atoms with Crippen molar-refractivity contribution in [3.05, 3.63) is 53.1 Å². The first kappa shape index (κ1) is 17.3. The lowest BCUT2D eigenvalue weighted by Gasteiger charge is -2.30. The minimum absolute atomic E-state index is 0.180. The molecule has 0 aliphatic carbocycles. The Balaban J connectivity index is 1.70. The van der Waals surface area contributed by atoms with Crippen LogP contribution in [-0.4, -0.2) is 26.7 Å². The number of nitrogens with zero attached hydrogens (tertiary/aromatic N) is 1. The summed E-state index contributed by atoms with van der Waals surface area (Å²) >= 11 is 0. The standard InChI is InChI=1S/C21H25NO3/c1-15-6-9-18-17(13-15)5-4-12-22(18)21(23)11-8-16-7-10-19(24-2)20(14-16)25-3/h6-7,9-10,13-14H,4-5,8,11-12H2,1-3H3. The largest absolute Gasteiger partial charge is 0.493 e. The van der Waals surface area contributed by atoms with Crippen LogP contribution in [0.25, 0.3) is 0 Å². The van der Waals surface area contributed by atoms with Crippen LogP contribution in [0.15, 0.2) is 36.4 Å². The number of carbonyl (C=O) groups excluding carboxylic acids is 1. The van der Waals surface area contributed by atoms with Crippen LogP contribution in [0.3, 0.4) is 0 Å². The molecule has 1 aliphatic heterocycles. The molecule has 0 N–H and O–H groups in total. The van der Waals surface area contributed by atoms with Crippen molar-refractivity contribution < 1.29 is 14.3 Å². The van der Waals surface area contributed by atoms with E-state index in [2.05, 4.69) is 25.1 Å². The number of hydrogen-bond donors (Lipinski definition) is 0. The van der Waals surface area contributed by atoms with E-state index in [4.69, 9.17) is 9.47 Å². The van der Waals surface area contributed by atoms with Gasteiger partial charge in [-0.1, -0.05) is 23.8 Å². The Kier molecular flexibility index (Phi) is 5.27. The van der Waals surface area contributed by atoms with E-state index < -0.39 is 0 Å². The second-order valence-corrected chi connectivity index (χ2v) is 6.47. The van der Waals surface area contributed by atoms with Gasteiger partial charge in [-0.25, -0.2) is 0 Å². The lowest BCUT2D eigenvalue weighted by Crippen LogP contribution is -2.35. The Morgan fingerprint density at radius 2 is 1.88 bits per heavy atom. The van der Waals surface area contributed by atoms with Gasteiger partial charge in [-0.15, -0.1) is 0 Å². The number of rotatable bonds is 5. The van der Waals surface area contributed by atoms with Gasteiger partial charge in [0.1, 0.15) is 0 Å². The van der Waals surface area contributed by atoms with Gasteiger partial charge in [-0.2, -0.15) is 0 Å². The van der Waals surface area contributed by atoms with E-state index in [0.29, 0.717) is 24.3 Å². The van der Waals surface area contributed by atoms with E-state index in [-0.39, 0.29) is 5.91 Å². The van der Waals surface area contributed by atoms with Gasteiger partial charge in [-0.05, 0) is 55.5 Å². The first-order chi connectivity index (χ1) is 12.1. The molecule has 0 saturated carbocycles. The van der Waals surface area contributed by atoms with Gasteiger partial charge in [0.05, 0.1) is 14.2 Å². The van der Waals surface area contributed by atoms with Gasteiger partial charge in [0.2, 0.25) is 5.91 Å². The summed E-state index contributed by atoms with van der Waals surface area (Å²) in [5, 5.41) is 0. The molecule has 3 rings (SSSR count). The fourth-order valence-electron chi connectivity index (χ4n) is 3.41. The van der Waals surface area contributed by atoms with Crippen molar-refractivity contribution in [1.29, 1.82) is 0 Å². The SMILES string of the molecule is COc1ccc(CCC(=O)N2CCCc3cc(C)ccc32)cc1OC. The third kappa shape index (κ3) is 3.78. The van der Waals surface area contributed by atoms with Crippen molar-refractivity contribution >= 4 is 11.6 Å². The minimum atomic E-state index is 0.180. The number of ether oxygens (including phenoxy) is 2. The van der Waals surface area contributed by atoms with E-state index in [0.717, 1.165) is 30.6 Å². The van der Waals surface area contributed by atoms with Gasteiger partial charge in [0, 0.05) is 18.7 Å². The molecule has 1 amide bonds. The van der Waals surface area contributed by atoms with E-state index in [1.54, 1.807) is 14.2 Å². The topological polar surface area (TPSA) is 38.8 Å². The average Bonchev–Trinajstić information content (AvgIpc) is 2.65. The van der Waals surface area contributed by atoms with Crippen molar-refractivity contribution in [3.63, 3.8) is 0 Å². The van der Waals surface area contributed by atoms with Crippen LogP contribution in [0, 0.1) is 6.92 Å². The van der Waals surface area contributed by atoms with Gasteiger partial charge < -0.3 is 14.4 Å². The van der Waals surface area contributed by atoms with Gasteiger partial charge in [-0.3, -0.25) is 4.79 Å². The highest BCUT2D eigenvalue weighted by atomic mass is 16.5. The number of amides is 1. The molecule has 0 aromatic heterocycles. The summed E-state index contributed by atoms with van der Waals surface area (Å²) in [5.74, 6) is 1.59. The lowest BCUT2D eigenvalue weighted by molar-refractivity contribution is -0.118. The molecule has 132 valence electrons. The summed E-state index contributed by atoms with van der Waals surface area (Å²) in [5.41, 5.74) is 4.69. The normalized spacial score (nSPS) is 13.3. The fourth-order valence-corrected chi connectivity index (χ4v) is 3.41. The van der Waals surface area contributed by atoms with E-state index >= 15 is 0 Å². The zero-order valence-electron chi connectivity index (χ0n) is 15.2. The first-order valence-corrected chi connectivity index (χ1v) is 8.73. The first-order valence-electron chi connectivity index (χ1n) is 8.73. The lowest BCUT2D eigenvalue weighted by atomic mass is 9.99. The molecule has 0 spiro atoms. The second kappa shape index (κ2) is 7.60. The fraction of sp³-hybridized carbons (Fsp3) is 0.381. The summed E-state index contributed by atoms with van der Waals surface area (Å²) in [6.07, 6.45) is 3.26. The average molecular weight is 339 g/mol. The Morgan fingerprint density at radius 1 is 1.08 bits per heavy atom. The highest BCUT2D eigenvalue weighted by molar-refractivity contribution is 5.94. The molecule has 0 radical (unpaired) electrons. The monoisotopic (exact) mass is 339 g/mol. The molecule has 4 heteroatoms. The molecule has 2 aromatic rings. The molecule has 0 unspecified atom stereocenters. The Morgan fingerprint density at radius 3 is 2.64 bits per heavy atom. The third-order valence-electron chi connectivity index (χ3n) is 4.73. The molecule has 1 aliphatic rings. The maximum atomic E-state index is 12.8. The van der Waals surface area contributed by atoms with Gasteiger partial charge >= 0.3 is 0 Å². The number of methoxy groups -OCH3 is 2. The minimum Gasteiger partial charge on any atom is -0.493 e. The van der Waals surface area contributed by atoms with Crippen LogP contribution < -0.4 is 14.4 Å². The van der Waals surface area contributed by atoms with Crippen molar-refractivity contribution in [2.75, 3.05) is 25.7 Å². The number of fused-ring (bicyclic) bond motifs is 1. The molecule has 1 heterocycles. The van der Waals surface area contributed by atoms with Crippen LogP contribution >= 0.6 is 0 Å². The Hall–Kier alpha value is -2.49. The molecule has 0 bridgehead atoms. The van der Waals surface area contributed by atoms with Crippen molar-refractivity contribution in [2.24, 2.45) is 0 Å². The van der Waals surface area contributed by atoms with Crippen molar-refractivity contribution in [3.8, 4) is 11.5 Å². The maximum Gasteiger partial charge on any atom is 0.227 e. The Bertz CT molecular complexity index is 770. The number of aryl methyl sites for hydroxylation is 3. The highest BCUT2D eigenvalue weighted by Gasteiger charge is 2.22. The smallest absolute Gasteiger partial charge is 0.227 e. The van der Waals surface area contributed by atoms with Crippen LogP contribution in [0.1, 0.15) is 29.5 Å². The Labute approximate surface area is 149 Å². The summed E-state index contributed by atoms with van der Waals surface area (Å²) in [4.78, 5) is 14.7. The summed E-state index contributed by atoms with van der Waals surface area (Å²) in [7, 11) is 3.25. The zero-order chi connectivity index (χ0) is 17.8. The molecular weight excluding hydrogens is 314 g/mol. The summed E-state index contributed by atoms with van der Waals surface area (Å²) in [6, 6.07) is 12.2. The molecule has 4 nitrogen and oxygen atoms in total. The number of hydrogen-bond acceptors (Lipinski definition) is 3. The van der Waals surface area contributed by atoms with E-state index in [1.165, 1.54) is 11.1 Å². The number of carbonyl (C=O) groups is 1. The molecular formula is C21H25NO3.